The first-order valence-electron chi connectivity index (χ1n) is 8.85. The average molecular weight is 400 g/mol. The van der Waals surface area contributed by atoms with E-state index in [1.165, 1.54) is 6.33 Å². The van der Waals surface area contributed by atoms with E-state index in [0.29, 0.717) is 18.5 Å². The first kappa shape index (κ1) is 23.0. The second kappa shape index (κ2) is 11.6. The van der Waals surface area contributed by atoms with E-state index in [4.69, 9.17) is 5.73 Å². The zero-order valence-electron chi connectivity index (χ0n) is 15.9. The van der Waals surface area contributed by atoms with Crippen molar-refractivity contribution in [2.75, 3.05) is 12.0 Å². The van der Waals surface area contributed by atoms with E-state index < -0.39 is 35.9 Å². The third-order valence-electron chi connectivity index (χ3n) is 4.36. The van der Waals surface area contributed by atoms with Gasteiger partial charge in [-0.3, -0.25) is 9.59 Å². The molecule has 0 saturated carbocycles. The maximum Gasteiger partial charge on any atom is 0.326 e. The number of hydrogen-bond acceptors (Lipinski definition) is 6. The number of nitrogens with one attached hydrogen (secondary N) is 3. The van der Waals surface area contributed by atoms with Gasteiger partial charge in [-0.15, -0.1) is 0 Å². The molecule has 0 aliphatic rings. The predicted octanol–water partition coefficient (Wildman–Crippen LogP) is 0.133. The number of aromatic nitrogens is 2. The van der Waals surface area contributed by atoms with Crippen LogP contribution in [0.5, 0.6) is 0 Å². The van der Waals surface area contributed by atoms with Crippen LogP contribution in [0.25, 0.3) is 0 Å². The minimum atomic E-state index is -1.11. The lowest BCUT2D eigenvalue weighted by Crippen LogP contribution is -2.56. The maximum absolute atomic E-state index is 12.7. The van der Waals surface area contributed by atoms with Crippen LogP contribution in [-0.2, 0) is 20.8 Å². The summed E-state index contributed by atoms with van der Waals surface area (Å²) in [4.78, 5) is 43.3. The van der Waals surface area contributed by atoms with E-state index in [1.807, 2.05) is 13.2 Å². The largest absolute Gasteiger partial charge is 0.480 e. The topological polar surface area (TPSA) is 150 Å². The Labute approximate surface area is 163 Å². The molecule has 0 aliphatic heterocycles. The molecule has 9 nitrogen and oxygen atoms in total. The zero-order valence-corrected chi connectivity index (χ0v) is 16.7. The predicted molar refractivity (Wildman–Crippen MR) is 104 cm³/mol. The Bertz CT molecular complexity index is 610. The summed E-state index contributed by atoms with van der Waals surface area (Å²) in [6.45, 7) is 3.60. The SMILES string of the molecule is CCC(C)C(NC(=O)C(Cc1cnc[nH]1)NC(=O)C(N)CCSC)C(=O)O. The summed E-state index contributed by atoms with van der Waals surface area (Å²) >= 11 is 1.58. The van der Waals surface area contributed by atoms with E-state index >= 15 is 0 Å². The van der Waals surface area contributed by atoms with Crippen molar-refractivity contribution in [2.45, 2.75) is 51.2 Å². The van der Waals surface area contributed by atoms with Crippen molar-refractivity contribution >= 4 is 29.5 Å². The number of carboxylic acids is 1. The lowest BCUT2D eigenvalue weighted by atomic mass is 9.98. The molecule has 0 fully saturated rings. The molecule has 4 atom stereocenters. The highest BCUT2D eigenvalue weighted by atomic mass is 32.2. The van der Waals surface area contributed by atoms with Crippen molar-refractivity contribution in [1.82, 2.24) is 20.6 Å². The van der Waals surface area contributed by atoms with Crippen LogP contribution in [-0.4, -0.2) is 63.0 Å². The number of carboxylic acid groups (broad SMARTS) is 1. The number of H-pyrrole nitrogens is 1. The molecule has 0 radical (unpaired) electrons. The van der Waals surface area contributed by atoms with Gasteiger partial charge < -0.3 is 26.5 Å². The summed E-state index contributed by atoms with van der Waals surface area (Å²) in [5.41, 5.74) is 6.52. The minimum absolute atomic E-state index is 0.152. The molecule has 6 N–H and O–H groups in total. The van der Waals surface area contributed by atoms with Gasteiger partial charge in [-0.2, -0.15) is 11.8 Å². The normalized spacial score (nSPS) is 15.4. The van der Waals surface area contributed by atoms with Crippen LogP contribution < -0.4 is 16.4 Å². The van der Waals surface area contributed by atoms with Crippen LogP contribution in [0.4, 0.5) is 0 Å². The van der Waals surface area contributed by atoms with Crippen molar-refractivity contribution < 1.29 is 19.5 Å². The lowest BCUT2D eigenvalue weighted by molar-refractivity contribution is -0.143. The maximum atomic E-state index is 12.7. The molecule has 4 unspecified atom stereocenters. The molecule has 27 heavy (non-hydrogen) atoms. The molecule has 1 aromatic rings. The summed E-state index contributed by atoms with van der Waals surface area (Å²) in [7, 11) is 0. The molecule has 0 saturated heterocycles. The van der Waals surface area contributed by atoms with E-state index in [1.54, 1.807) is 24.9 Å². The van der Waals surface area contributed by atoms with Gasteiger partial charge in [0.1, 0.15) is 12.1 Å². The van der Waals surface area contributed by atoms with Gasteiger partial charge in [0, 0.05) is 18.3 Å². The first-order chi connectivity index (χ1) is 12.8. The van der Waals surface area contributed by atoms with Crippen molar-refractivity contribution in [3.05, 3.63) is 18.2 Å². The van der Waals surface area contributed by atoms with E-state index in [0.717, 1.165) is 5.75 Å². The van der Waals surface area contributed by atoms with E-state index in [9.17, 15) is 19.5 Å². The number of amides is 2. The monoisotopic (exact) mass is 399 g/mol. The van der Waals surface area contributed by atoms with E-state index in [2.05, 4.69) is 20.6 Å². The fourth-order valence-corrected chi connectivity index (χ4v) is 2.91. The first-order valence-corrected chi connectivity index (χ1v) is 10.2. The standard InChI is InChI=1S/C17H29N5O4S/c1-4-10(2)14(17(25)26)22-16(24)13(7-11-8-19-9-20-11)21-15(23)12(18)5-6-27-3/h8-10,12-14H,4-7,18H2,1-3H3,(H,19,20)(H,21,23)(H,22,24)(H,25,26). The fourth-order valence-electron chi connectivity index (χ4n) is 2.42. The molecule has 0 bridgehead atoms. The Morgan fingerprint density at radius 3 is 2.56 bits per heavy atom. The van der Waals surface area contributed by atoms with Crippen molar-refractivity contribution in [3.63, 3.8) is 0 Å². The van der Waals surface area contributed by atoms with Crippen molar-refractivity contribution in [3.8, 4) is 0 Å². The van der Waals surface area contributed by atoms with Crippen LogP contribution in [0.15, 0.2) is 12.5 Å². The molecular formula is C17H29N5O4S. The Balaban J connectivity index is 2.87. The molecule has 2 amide bonds. The van der Waals surface area contributed by atoms with E-state index in [-0.39, 0.29) is 12.3 Å². The molecule has 0 spiro atoms. The van der Waals surface area contributed by atoms with Crippen molar-refractivity contribution in [1.29, 1.82) is 0 Å². The molecule has 10 heteroatoms. The van der Waals surface area contributed by atoms with Gasteiger partial charge in [-0.1, -0.05) is 20.3 Å². The number of carbonyl (C=O) groups is 3. The highest BCUT2D eigenvalue weighted by Gasteiger charge is 2.30. The second-order valence-corrected chi connectivity index (χ2v) is 7.43. The summed E-state index contributed by atoms with van der Waals surface area (Å²) in [6, 6.07) is -2.72. The Kier molecular flexibility index (Phi) is 9.87. The number of aromatic amines is 1. The zero-order chi connectivity index (χ0) is 20.4. The van der Waals surface area contributed by atoms with Gasteiger partial charge >= 0.3 is 5.97 Å². The highest BCUT2D eigenvalue weighted by molar-refractivity contribution is 7.98. The van der Waals surface area contributed by atoms with Gasteiger partial charge in [0.2, 0.25) is 11.8 Å². The number of rotatable bonds is 12. The number of hydrogen-bond donors (Lipinski definition) is 5. The number of aliphatic carboxylic acids is 1. The number of thioether (sulfide) groups is 1. The Hall–Kier alpha value is -2.07. The van der Waals surface area contributed by atoms with Gasteiger partial charge in [0.15, 0.2) is 0 Å². The quantitative estimate of drug-likeness (QED) is 0.335. The van der Waals surface area contributed by atoms with Gasteiger partial charge in [0.25, 0.3) is 0 Å². The third kappa shape index (κ3) is 7.59. The lowest BCUT2D eigenvalue weighted by Gasteiger charge is -2.25. The smallest absolute Gasteiger partial charge is 0.326 e. The Morgan fingerprint density at radius 2 is 2.04 bits per heavy atom. The van der Waals surface area contributed by atoms with Crippen LogP contribution in [0.1, 0.15) is 32.4 Å². The van der Waals surface area contributed by atoms with Gasteiger partial charge in [-0.05, 0) is 24.3 Å². The average Bonchev–Trinajstić information content (AvgIpc) is 3.15. The van der Waals surface area contributed by atoms with Gasteiger partial charge in [-0.25, -0.2) is 9.78 Å². The van der Waals surface area contributed by atoms with Crippen LogP contribution >= 0.6 is 11.8 Å². The highest BCUT2D eigenvalue weighted by Crippen LogP contribution is 2.09. The van der Waals surface area contributed by atoms with Crippen molar-refractivity contribution in [2.24, 2.45) is 11.7 Å². The summed E-state index contributed by atoms with van der Waals surface area (Å²) in [5, 5.41) is 14.6. The number of nitrogens with zero attached hydrogens (tertiary/aromatic N) is 1. The van der Waals surface area contributed by atoms with Crippen LogP contribution in [0, 0.1) is 5.92 Å². The second-order valence-electron chi connectivity index (χ2n) is 6.44. The number of carbonyl (C=O) groups excluding carboxylic acids is 2. The number of imidazole rings is 1. The third-order valence-corrected chi connectivity index (χ3v) is 5.00. The summed E-state index contributed by atoms with van der Waals surface area (Å²) in [6.07, 6.45) is 6.16. The minimum Gasteiger partial charge on any atom is -0.480 e. The summed E-state index contributed by atoms with van der Waals surface area (Å²) < 4.78 is 0. The van der Waals surface area contributed by atoms with Crippen LogP contribution in [0.2, 0.25) is 0 Å². The fraction of sp³-hybridized carbons (Fsp3) is 0.647. The molecule has 1 rings (SSSR count). The van der Waals surface area contributed by atoms with Gasteiger partial charge in [0.05, 0.1) is 12.4 Å². The molecule has 0 aliphatic carbocycles. The molecule has 0 aromatic carbocycles. The molecule has 152 valence electrons. The molecular weight excluding hydrogens is 370 g/mol. The summed E-state index contributed by atoms with van der Waals surface area (Å²) in [5.74, 6) is -1.65. The van der Waals surface area contributed by atoms with Crippen LogP contribution in [0.3, 0.4) is 0 Å². The number of nitrogens with two attached hydrogens (primary N) is 1. The Morgan fingerprint density at radius 1 is 1.33 bits per heavy atom. The molecule has 1 aromatic heterocycles. The molecule has 1 heterocycles.